The summed E-state index contributed by atoms with van der Waals surface area (Å²) in [5, 5.41) is 0. The molecule has 0 radical (unpaired) electrons. The summed E-state index contributed by atoms with van der Waals surface area (Å²) in [5.41, 5.74) is 3.61. The van der Waals surface area contributed by atoms with Crippen LogP contribution in [0.2, 0.25) is 0 Å². The fourth-order valence-corrected chi connectivity index (χ4v) is 2.34. The third-order valence-electron chi connectivity index (χ3n) is 3.37. The number of hydrogen-bond acceptors (Lipinski definition) is 3. The first-order valence-corrected chi connectivity index (χ1v) is 6.37. The number of benzene rings is 2. The van der Waals surface area contributed by atoms with E-state index >= 15 is 0 Å². The van der Waals surface area contributed by atoms with Crippen molar-refractivity contribution in [2.75, 3.05) is 18.7 Å². The summed E-state index contributed by atoms with van der Waals surface area (Å²) in [6, 6.07) is 14.4. The van der Waals surface area contributed by atoms with E-state index in [1.807, 2.05) is 18.2 Å². The molecule has 0 atom stereocenters. The van der Waals surface area contributed by atoms with Crippen LogP contribution < -0.4 is 14.4 Å². The summed E-state index contributed by atoms with van der Waals surface area (Å²) < 4.78 is 11.1. The maximum absolute atomic E-state index is 5.80. The summed E-state index contributed by atoms with van der Waals surface area (Å²) in [6.45, 7) is 3.53. The molecule has 0 saturated carbocycles. The molecule has 3 heteroatoms. The van der Waals surface area contributed by atoms with Gasteiger partial charge >= 0.3 is 0 Å². The van der Waals surface area contributed by atoms with Crippen molar-refractivity contribution in [2.24, 2.45) is 0 Å². The molecule has 0 unspecified atom stereocenters. The van der Waals surface area contributed by atoms with E-state index in [4.69, 9.17) is 9.47 Å². The molecule has 2 aromatic carbocycles. The van der Waals surface area contributed by atoms with E-state index in [0.717, 1.165) is 23.6 Å². The topological polar surface area (TPSA) is 21.7 Å². The van der Waals surface area contributed by atoms with Crippen LogP contribution >= 0.6 is 0 Å². The molecule has 3 nitrogen and oxygen atoms in total. The molecular formula is C16H17NO2. The van der Waals surface area contributed by atoms with Crippen molar-refractivity contribution in [1.29, 1.82) is 0 Å². The van der Waals surface area contributed by atoms with Crippen LogP contribution in [0.5, 0.6) is 11.5 Å². The molecule has 0 fully saturated rings. The van der Waals surface area contributed by atoms with E-state index in [9.17, 15) is 0 Å². The van der Waals surface area contributed by atoms with Crippen molar-refractivity contribution in [3.8, 4) is 11.5 Å². The zero-order valence-electron chi connectivity index (χ0n) is 11.2. The van der Waals surface area contributed by atoms with Gasteiger partial charge in [-0.2, -0.15) is 0 Å². The largest absolute Gasteiger partial charge is 0.497 e. The molecule has 1 aliphatic rings. The highest BCUT2D eigenvalue weighted by Gasteiger charge is 2.18. The van der Waals surface area contributed by atoms with Crippen LogP contribution in [0.15, 0.2) is 42.5 Å². The molecule has 0 aliphatic carbocycles. The van der Waals surface area contributed by atoms with Gasteiger partial charge in [0.1, 0.15) is 11.5 Å². The fraction of sp³-hybridized carbons (Fsp3) is 0.250. The molecule has 0 saturated heterocycles. The van der Waals surface area contributed by atoms with Gasteiger partial charge in [0.2, 0.25) is 0 Å². The van der Waals surface area contributed by atoms with E-state index in [-0.39, 0.29) is 0 Å². The average molecular weight is 255 g/mol. The molecule has 0 amide bonds. The SMILES string of the molecule is COc1ccc2c(c1)CN(c1cccc(C)c1)CO2. The third-order valence-corrected chi connectivity index (χ3v) is 3.37. The predicted molar refractivity (Wildman–Crippen MR) is 75.9 cm³/mol. The maximum Gasteiger partial charge on any atom is 0.161 e. The molecule has 0 bridgehead atoms. The molecule has 19 heavy (non-hydrogen) atoms. The second kappa shape index (κ2) is 4.84. The number of fused-ring (bicyclic) bond motifs is 1. The first-order chi connectivity index (χ1) is 9.26. The van der Waals surface area contributed by atoms with Gasteiger partial charge in [-0.25, -0.2) is 0 Å². The number of hydrogen-bond donors (Lipinski definition) is 0. The minimum absolute atomic E-state index is 0.586. The highest BCUT2D eigenvalue weighted by molar-refractivity contribution is 5.52. The van der Waals surface area contributed by atoms with Gasteiger partial charge in [-0.15, -0.1) is 0 Å². The zero-order valence-corrected chi connectivity index (χ0v) is 11.2. The third kappa shape index (κ3) is 2.36. The molecule has 1 aliphatic heterocycles. The van der Waals surface area contributed by atoms with Crippen molar-refractivity contribution in [1.82, 2.24) is 0 Å². The fourth-order valence-electron chi connectivity index (χ4n) is 2.34. The Labute approximate surface area is 113 Å². The predicted octanol–water partition coefficient (Wildman–Crippen LogP) is 3.36. The molecule has 0 N–H and O–H groups in total. The van der Waals surface area contributed by atoms with Gasteiger partial charge in [0, 0.05) is 17.8 Å². The maximum atomic E-state index is 5.80. The second-order valence-corrected chi connectivity index (χ2v) is 4.78. The lowest BCUT2D eigenvalue weighted by Gasteiger charge is -2.31. The monoisotopic (exact) mass is 255 g/mol. The van der Waals surface area contributed by atoms with Crippen LogP contribution in [0, 0.1) is 6.92 Å². The second-order valence-electron chi connectivity index (χ2n) is 4.78. The number of ether oxygens (including phenoxy) is 2. The first kappa shape index (κ1) is 11.9. The average Bonchev–Trinajstić information content (AvgIpc) is 2.46. The zero-order chi connectivity index (χ0) is 13.2. The van der Waals surface area contributed by atoms with E-state index < -0.39 is 0 Å². The van der Waals surface area contributed by atoms with Crippen LogP contribution in [-0.2, 0) is 6.54 Å². The molecule has 2 aromatic rings. The highest BCUT2D eigenvalue weighted by Crippen LogP contribution is 2.31. The van der Waals surface area contributed by atoms with Crippen LogP contribution in [0.25, 0.3) is 0 Å². The Morgan fingerprint density at radius 3 is 2.84 bits per heavy atom. The highest BCUT2D eigenvalue weighted by atomic mass is 16.5. The lowest BCUT2D eigenvalue weighted by Crippen LogP contribution is -2.31. The summed E-state index contributed by atoms with van der Waals surface area (Å²) in [6.07, 6.45) is 0. The van der Waals surface area contributed by atoms with Crippen LogP contribution in [0.3, 0.4) is 0 Å². The first-order valence-electron chi connectivity index (χ1n) is 6.37. The smallest absolute Gasteiger partial charge is 0.161 e. The van der Waals surface area contributed by atoms with Gasteiger partial charge in [-0.05, 0) is 42.8 Å². The van der Waals surface area contributed by atoms with Gasteiger partial charge in [0.05, 0.1) is 7.11 Å². The number of anilines is 1. The quantitative estimate of drug-likeness (QED) is 0.821. The van der Waals surface area contributed by atoms with E-state index in [1.165, 1.54) is 11.3 Å². The Bertz CT molecular complexity index is 595. The minimum atomic E-state index is 0.586. The Kier molecular flexibility index (Phi) is 3.03. The molecular weight excluding hydrogens is 238 g/mol. The Balaban J connectivity index is 1.88. The summed E-state index contributed by atoms with van der Waals surface area (Å²) >= 11 is 0. The molecule has 98 valence electrons. The number of nitrogens with zero attached hydrogens (tertiary/aromatic N) is 1. The van der Waals surface area contributed by atoms with E-state index in [1.54, 1.807) is 7.11 Å². The Morgan fingerprint density at radius 1 is 1.16 bits per heavy atom. The lowest BCUT2D eigenvalue weighted by atomic mass is 10.1. The van der Waals surface area contributed by atoms with Crippen molar-refractivity contribution >= 4 is 5.69 Å². The summed E-state index contributed by atoms with van der Waals surface area (Å²) in [5.74, 6) is 1.82. The van der Waals surface area contributed by atoms with E-state index in [0.29, 0.717) is 6.73 Å². The number of aryl methyl sites for hydroxylation is 1. The van der Waals surface area contributed by atoms with Crippen molar-refractivity contribution in [2.45, 2.75) is 13.5 Å². The van der Waals surface area contributed by atoms with E-state index in [2.05, 4.69) is 36.1 Å². The van der Waals surface area contributed by atoms with Gasteiger partial charge in [0.15, 0.2) is 6.73 Å². The molecule has 0 aromatic heterocycles. The Hall–Kier alpha value is -2.16. The number of methoxy groups -OCH3 is 1. The van der Waals surface area contributed by atoms with Gasteiger partial charge in [-0.1, -0.05) is 12.1 Å². The molecule has 1 heterocycles. The summed E-state index contributed by atoms with van der Waals surface area (Å²) in [4.78, 5) is 2.22. The normalized spacial score (nSPS) is 13.7. The summed E-state index contributed by atoms with van der Waals surface area (Å²) in [7, 11) is 1.68. The molecule has 0 spiro atoms. The van der Waals surface area contributed by atoms with Crippen LogP contribution in [0.4, 0.5) is 5.69 Å². The lowest BCUT2D eigenvalue weighted by molar-refractivity contribution is 0.288. The van der Waals surface area contributed by atoms with Crippen molar-refractivity contribution < 1.29 is 9.47 Å². The van der Waals surface area contributed by atoms with Crippen LogP contribution in [0.1, 0.15) is 11.1 Å². The minimum Gasteiger partial charge on any atom is -0.497 e. The van der Waals surface area contributed by atoms with Crippen LogP contribution in [-0.4, -0.2) is 13.8 Å². The standard InChI is InChI=1S/C16H17NO2/c1-12-4-3-5-14(8-12)17-10-13-9-15(18-2)6-7-16(13)19-11-17/h3-9H,10-11H2,1-2H3. The number of rotatable bonds is 2. The molecule has 3 rings (SSSR count). The Morgan fingerprint density at radius 2 is 2.05 bits per heavy atom. The van der Waals surface area contributed by atoms with Gasteiger partial charge in [0.25, 0.3) is 0 Å². The van der Waals surface area contributed by atoms with Crippen molar-refractivity contribution in [3.63, 3.8) is 0 Å². The van der Waals surface area contributed by atoms with Gasteiger partial charge < -0.3 is 14.4 Å². The van der Waals surface area contributed by atoms with Gasteiger partial charge in [-0.3, -0.25) is 0 Å². The van der Waals surface area contributed by atoms with Crippen molar-refractivity contribution in [3.05, 3.63) is 53.6 Å².